The summed E-state index contributed by atoms with van der Waals surface area (Å²) in [5.41, 5.74) is 7.34. The van der Waals surface area contributed by atoms with Crippen molar-refractivity contribution in [3.8, 4) is 0 Å². The van der Waals surface area contributed by atoms with E-state index in [-0.39, 0.29) is 5.11 Å². The Bertz CT molecular complexity index is 414. The Labute approximate surface area is 93.6 Å². The fraction of sp³-hybridized carbons (Fsp3) is 0.200. The largest absolute Gasteiger partial charge is 0.376 e. The smallest absolute Gasteiger partial charge is 0.168 e. The highest BCUT2D eigenvalue weighted by molar-refractivity contribution is 7.80. The van der Waals surface area contributed by atoms with Gasteiger partial charge in [-0.05, 0) is 24.4 Å². The Morgan fingerprint density at radius 3 is 3.07 bits per heavy atom. The first-order valence-corrected chi connectivity index (χ1v) is 5.12. The van der Waals surface area contributed by atoms with Gasteiger partial charge in [-0.25, -0.2) is 0 Å². The van der Waals surface area contributed by atoms with E-state index in [9.17, 15) is 0 Å². The van der Waals surface area contributed by atoms with Gasteiger partial charge in [0.2, 0.25) is 0 Å². The summed E-state index contributed by atoms with van der Waals surface area (Å²) < 4.78 is 0. The van der Waals surface area contributed by atoms with E-state index in [1.54, 1.807) is 0 Å². The number of nitrogens with two attached hydrogens (primary N) is 1. The molecule has 0 spiro atoms. The Morgan fingerprint density at radius 2 is 2.40 bits per heavy atom. The molecule has 0 radical (unpaired) electrons. The van der Waals surface area contributed by atoms with Crippen LogP contribution in [-0.4, -0.2) is 24.0 Å². The van der Waals surface area contributed by atoms with Crippen molar-refractivity contribution in [3.63, 3.8) is 0 Å². The van der Waals surface area contributed by atoms with Gasteiger partial charge in [0.05, 0.1) is 6.54 Å². The van der Waals surface area contributed by atoms with Gasteiger partial charge in [-0.1, -0.05) is 12.1 Å². The Morgan fingerprint density at radius 1 is 1.53 bits per heavy atom. The lowest BCUT2D eigenvalue weighted by molar-refractivity contribution is 0.960. The zero-order valence-corrected chi connectivity index (χ0v) is 8.97. The average Bonchev–Trinajstić information content (AvgIpc) is 2.69. The van der Waals surface area contributed by atoms with Crippen molar-refractivity contribution in [2.75, 3.05) is 18.4 Å². The second-order valence-corrected chi connectivity index (χ2v) is 3.67. The highest BCUT2D eigenvalue weighted by Gasteiger charge is 2.07. The van der Waals surface area contributed by atoms with Crippen LogP contribution in [0.3, 0.4) is 0 Å². The number of amidine groups is 1. The Kier molecular flexibility index (Phi) is 2.82. The number of nitrogens with zero attached hydrogens (tertiary/aromatic N) is 1. The molecule has 78 valence electrons. The molecular weight excluding hydrogens is 208 g/mol. The number of hydrogen-bond donors (Lipinski definition) is 3. The average molecular weight is 220 g/mol. The van der Waals surface area contributed by atoms with Gasteiger partial charge in [-0.3, -0.25) is 4.99 Å². The van der Waals surface area contributed by atoms with E-state index in [1.807, 2.05) is 24.3 Å². The maximum Gasteiger partial charge on any atom is 0.168 e. The zero-order valence-electron chi connectivity index (χ0n) is 8.16. The van der Waals surface area contributed by atoms with Gasteiger partial charge in [0.1, 0.15) is 5.84 Å². The quantitative estimate of drug-likeness (QED) is 0.642. The maximum absolute atomic E-state index is 5.40. The normalized spacial score (nSPS) is 14.3. The van der Waals surface area contributed by atoms with E-state index in [0.29, 0.717) is 0 Å². The molecule has 0 aliphatic carbocycles. The van der Waals surface area contributed by atoms with Crippen LogP contribution in [0.2, 0.25) is 0 Å². The molecule has 2 rings (SSSR count). The first-order valence-electron chi connectivity index (χ1n) is 4.71. The van der Waals surface area contributed by atoms with Crippen LogP contribution < -0.4 is 16.4 Å². The maximum atomic E-state index is 5.40. The minimum atomic E-state index is 0.272. The summed E-state index contributed by atoms with van der Waals surface area (Å²) in [4.78, 5) is 4.34. The van der Waals surface area contributed by atoms with Crippen molar-refractivity contribution in [2.45, 2.75) is 0 Å². The highest BCUT2D eigenvalue weighted by Crippen LogP contribution is 2.11. The van der Waals surface area contributed by atoms with Gasteiger partial charge in [0, 0.05) is 17.8 Å². The van der Waals surface area contributed by atoms with Crippen molar-refractivity contribution in [1.82, 2.24) is 5.32 Å². The van der Waals surface area contributed by atoms with Gasteiger partial charge in [-0.15, -0.1) is 0 Å². The number of benzene rings is 1. The molecule has 0 bridgehead atoms. The number of anilines is 1. The molecule has 1 aliphatic heterocycles. The number of rotatable bonds is 2. The van der Waals surface area contributed by atoms with Gasteiger partial charge in [0.15, 0.2) is 5.11 Å². The van der Waals surface area contributed by atoms with E-state index in [0.717, 1.165) is 30.2 Å². The summed E-state index contributed by atoms with van der Waals surface area (Å²) in [6, 6.07) is 7.83. The molecule has 4 N–H and O–H groups in total. The molecule has 0 atom stereocenters. The van der Waals surface area contributed by atoms with Crippen LogP contribution >= 0.6 is 12.2 Å². The standard InChI is InChI=1S/C10H12N4S/c11-10(15)14-8-3-1-2-7(6-8)9-12-4-5-13-9/h1-3,6H,4-5H2,(H,12,13)(H3,11,14,15). The lowest BCUT2D eigenvalue weighted by Gasteiger charge is -2.06. The van der Waals surface area contributed by atoms with E-state index in [1.165, 1.54) is 0 Å². The molecule has 0 amide bonds. The molecule has 1 aromatic carbocycles. The molecule has 1 heterocycles. The highest BCUT2D eigenvalue weighted by atomic mass is 32.1. The molecule has 0 saturated carbocycles. The van der Waals surface area contributed by atoms with E-state index in [4.69, 9.17) is 18.0 Å². The van der Waals surface area contributed by atoms with Crippen LogP contribution in [0.4, 0.5) is 5.69 Å². The second kappa shape index (κ2) is 4.27. The Hall–Kier alpha value is -1.62. The molecule has 0 fully saturated rings. The molecule has 4 nitrogen and oxygen atoms in total. The van der Waals surface area contributed by atoms with Crippen LogP contribution in [0.15, 0.2) is 29.3 Å². The van der Waals surface area contributed by atoms with Crippen molar-refractivity contribution < 1.29 is 0 Å². The van der Waals surface area contributed by atoms with E-state index >= 15 is 0 Å². The van der Waals surface area contributed by atoms with Gasteiger partial charge in [-0.2, -0.15) is 0 Å². The molecular formula is C10H12N4S. The first kappa shape index (κ1) is 9.92. The minimum Gasteiger partial charge on any atom is -0.376 e. The number of aliphatic imine (C=N–C) groups is 1. The van der Waals surface area contributed by atoms with E-state index < -0.39 is 0 Å². The third-order valence-electron chi connectivity index (χ3n) is 2.08. The van der Waals surface area contributed by atoms with Crippen LogP contribution in [0.1, 0.15) is 5.56 Å². The molecule has 0 aromatic heterocycles. The van der Waals surface area contributed by atoms with Gasteiger partial charge >= 0.3 is 0 Å². The molecule has 1 aliphatic rings. The van der Waals surface area contributed by atoms with Crippen LogP contribution in [0.5, 0.6) is 0 Å². The topological polar surface area (TPSA) is 62.4 Å². The fourth-order valence-corrected chi connectivity index (χ4v) is 1.60. The SMILES string of the molecule is NC(=S)Nc1cccc(C2=NCCN2)c1. The summed E-state index contributed by atoms with van der Waals surface area (Å²) in [5.74, 6) is 0.932. The Balaban J connectivity index is 2.22. The predicted octanol–water partition coefficient (Wildman–Crippen LogP) is 0.692. The van der Waals surface area contributed by atoms with Crippen molar-refractivity contribution in [3.05, 3.63) is 29.8 Å². The van der Waals surface area contributed by atoms with Crippen LogP contribution in [0.25, 0.3) is 0 Å². The summed E-state index contributed by atoms with van der Waals surface area (Å²) >= 11 is 4.78. The third kappa shape index (κ3) is 2.44. The predicted molar refractivity (Wildman–Crippen MR) is 66.3 cm³/mol. The van der Waals surface area contributed by atoms with E-state index in [2.05, 4.69) is 15.6 Å². The van der Waals surface area contributed by atoms with Crippen molar-refractivity contribution >= 4 is 28.9 Å². The van der Waals surface area contributed by atoms with Crippen molar-refractivity contribution in [1.29, 1.82) is 0 Å². The number of hydrogen-bond acceptors (Lipinski definition) is 3. The minimum absolute atomic E-state index is 0.272. The summed E-state index contributed by atoms with van der Waals surface area (Å²) in [7, 11) is 0. The first-order chi connectivity index (χ1) is 7.25. The lowest BCUT2D eigenvalue weighted by atomic mass is 10.2. The molecule has 5 heteroatoms. The van der Waals surface area contributed by atoms with Crippen LogP contribution in [0, 0.1) is 0 Å². The molecule has 15 heavy (non-hydrogen) atoms. The number of thiocarbonyl (C=S) groups is 1. The number of nitrogens with one attached hydrogen (secondary N) is 2. The third-order valence-corrected chi connectivity index (χ3v) is 2.18. The van der Waals surface area contributed by atoms with Crippen LogP contribution in [-0.2, 0) is 0 Å². The molecule has 1 aromatic rings. The molecule has 0 saturated heterocycles. The summed E-state index contributed by atoms with van der Waals surface area (Å²) in [6.45, 7) is 1.74. The van der Waals surface area contributed by atoms with Gasteiger partial charge < -0.3 is 16.4 Å². The zero-order chi connectivity index (χ0) is 10.7. The monoisotopic (exact) mass is 220 g/mol. The second-order valence-electron chi connectivity index (χ2n) is 3.23. The summed E-state index contributed by atoms with van der Waals surface area (Å²) in [6.07, 6.45) is 0. The van der Waals surface area contributed by atoms with Crippen molar-refractivity contribution in [2.24, 2.45) is 10.7 Å². The fourth-order valence-electron chi connectivity index (χ4n) is 1.48. The lowest BCUT2D eigenvalue weighted by Crippen LogP contribution is -2.21. The molecule has 0 unspecified atom stereocenters. The van der Waals surface area contributed by atoms with Gasteiger partial charge in [0.25, 0.3) is 0 Å². The summed E-state index contributed by atoms with van der Waals surface area (Å²) in [5, 5.41) is 6.38.